The van der Waals surface area contributed by atoms with Crippen LogP contribution >= 0.6 is 0 Å². The van der Waals surface area contributed by atoms with Gasteiger partial charge in [0.15, 0.2) is 0 Å². The van der Waals surface area contributed by atoms with Gasteiger partial charge in [-0.2, -0.15) is 0 Å². The second-order valence-electron chi connectivity index (χ2n) is 5.54. The van der Waals surface area contributed by atoms with Crippen LogP contribution in [-0.2, 0) is 16.0 Å². The fourth-order valence-corrected chi connectivity index (χ4v) is 2.74. The number of rotatable bonds is 5. The van der Waals surface area contributed by atoms with E-state index in [-0.39, 0.29) is 5.91 Å². The number of carbonyl (C=O) groups excluding carboxylic acids is 1. The van der Waals surface area contributed by atoms with Gasteiger partial charge in [-0.15, -0.1) is 0 Å². The minimum atomic E-state index is 0.271. The lowest BCUT2D eigenvalue weighted by Crippen LogP contribution is -2.28. The summed E-state index contributed by atoms with van der Waals surface area (Å²) in [6.07, 6.45) is 1.68. The Balaban J connectivity index is 1.97. The summed E-state index contributed by atoms with van der Waals surface area (Å²) < 4.78 is 5.05. The minimum absolute atomic E-state index is 0.271. The fraction of sp³-hybridized carbons (Fsp3) is 0.562. The number of benzene rings is 1. The van der Waals surface area contributed by atoms with Gasteiger partial charge in [0, 0.05) is 26.6 Å². The molecule has 1 saturated heterocycles. The molecule has 1 fully saturated rings. The van der Waals surface area contributed by atoms with Crippen molar-refractivity contribution in [2.75, 3.05) is 26.8 Å². The lowest BCUT2D eigenvalue weighted by atomic mass is 9.94. The molecule has 0 aliphatic carbocycles. The van der Waals surface area contributed by atoms with Crippen LogP contribution in [0.4, 0.5) is 0 Å². The molecule has 0 bridgehead atoms. The monoisotopic (exact) mass is 261 g/mol. The molecule has 1 aliphatic rings. The zero-order chi connectivity index (χ0) is 13.8. The molecule has 1 heterocycles. The van der Waals surface area contributed by atoms with Crippen LogP contribution in [0.2, 0.25) is 0 Å². The summed E-state index contributed by atoms with van der Waals surface area (Å²) in [6, 6.07) is 6.56. The average Bonchev–Trinajstić information content (AvgIpc) is 2.72. The molecule has 3 nitrogen and oxygen atoms in total. The summed E-state index contributed by atoms with van der Waals surface area (Å²) >= 11 is 0. The van der Waals surface area contributed by atoms with Gasteiger partial charge in [-0.3, -0.25) is 4.79 Å². The molecule has 1 unspecified atom stereocenters. The first-order chi connectivity index (χ1) is 9.10. The van der Waals surface area contributed by atoms with Gasteiger partial charge in [0.1, 0.15) is 0 Å². The van der Waals surface area contributed by atoms with E-state index in [1.165, 1.54) is 16.7 Å². The van der Waals surface area contributed by atoms with Gasteiger partial charge >= 0.3 is 0 Å². The van der Waals surface area contributed by atoms with E-state index in [0.29, 0.717) is 18.9 Å². The van der Waals surface area contributed by atoms with Crippen molar-refractivity contribution in [2.45, 2.75) is 26.7 Å². The quantitative estimate of drug-likeness (QED) is 0.814. The Morgan fingerprint density at radius 1 is 1.37 bits per heavy atom. The molecule has 0 spiro atoms. The maximum absolute atomic E-state index is 11.9. The summed E-state index contributed by atoms with van der Waals surface area (Å²) in [7, 11) is 1.67. The number of nitrogens with zero attached hydrogens (tertiary/aromatic N) is 1. The molecule has 0 saturated carbocycles. The Labute approximate surface area is 115 Å². The molecule has 0 radical (unpaired) electrons. The molecule has 0 aromatic heterocycles. The fourth-order valence-electron chi connectivity index (χ4n) is 2.74. The summed E-state index contributed by atoms with van der Waals surface area (Å²) in [4.78, 5) is 13.8. The van der Waals surface area contributed by atoms with Crippen molar-refractivity contribution < 1.29 is 9.53 Å². The second kappa shape index (κ2) is 6.20. The van der Waals surface area contributed by atoms with Gasteiger partial charge < -0.3 is 9.64 Å². The number of amides is 1. The van der Waals surface area contributed by atoms with E-state index in [9.17, 15) is 4.79 Å². The zero-order valence-corrected chi connectivity index (χ0v) is 12.1. The van der Waals surface area contributed by atoms with Gasteiger partial charge in [-0.1, -0.05) is 23.8 Å². The Morgan fingerprint density at radius 2 is 2.16 bits per heavy atom. The van der Waals surface area contributed by atoms with Crippen LogP contribution in [0.3, 0.4) is 0 Å². The van der Waals surface area contributed by atoms with Crippen molar-refractivity contribution in [2.24, 2.45) is 5.92 Å². The van der Waals surface area contributed by atoms with Crippen LogP contribution in [0.1, 0.15) is 23.1 Å². The molecule has 2 rings (SSSR count). The number of carbonyl (C=O) groups is 1. The van der Waals surface area contributed by atoms with Crippen LogP contribution in [0.25, 0.3) is 0 Å². The lowest BCUT2D eigenvalue weighted by Gasteiger charge is -2.16. The van der Waals surface area contributed by atoms with E-state index < -0.39 is 0 Å². The maximum Gasteiger partial charge on any atom is 0.223 e. The van der Waals surface area contributed by atoms with E-state index >= 15 is 0 Å². The molecule has 1 amide bonds. The Hall–Kier alpha value is -1.35. The van der Waals surface area contributed by atoms with Gasteiger partial charge in [0.05, 0.1) is 6.61 Å². The molecular formula is C16H23NO2. The predicted molar refractivity (Wildman–Crippen MR) is 76.2 cm³/mol. The third-order valence-electron chi connectivity index (χ3n) is 3.87. The molecule has 0 N–H and O–H groups in total. The van der Waals surface area contributed by atoms with Crippen molar-refractivity contribution in [1.82, 2.24) is 4.90 Å². The van der Waals surface area contributed by atoms with E-state index in [1.54, 1.807) is 7.11 Å². The van der Waals surface area contributed by atoms with Crippen molar-refractivity contribution in [3.63, 3.8) is 0 Å². The Kier molecular flexibility index (Phi) is 4.59. The third-order valence-corrected chi connectivity index (χ3v) is 3.87. The summed E-state index contributed by atoms with van der Waals surface area (Å²) in [5, 5.41) is 0. The number of hydrogen-bond acceptors (Lipinski definition) is 2. The number of aryl methyl sites for hydroxylation is 2. The van der Waals surface area contributed by atoms with Crippen molar-refractivity contribution in [3.05, 3.63) is 34.9 Å². The van der Waals surface area contributed by atoms with Crippen LogP contribution in [0, 0.1) is 19.8 Å². The molecule has 1 aromatic carbocycles. The predicted octanol–water partition coefficient (Wildman–Crippen LogP) is 2.34. The van der Waals surface area contributed by atoms with Crippen molar-refractivity contribution in [3.8, 4) is 0 Å². The topological polar surface area (TPSA) is 29.5 Å². The SMILES string of the molecule is COCCN1CC(Cc2cc(C)ccc2C)CC1=O. The normalized spacial score (nSPS) is 19.2. The van der Waals surface area contributed by atoms with Gasteiger partial charge in [0.25, 0.3) is 0 Å². The van der Waals surface area contributed by atoms with E-state index in [1.807, 2.05) is 4.90 Å². The number of likely N-dealkylation sites (tertiary alicyclic amines) is 1. The molecule has 3 heteroatoms. The average molecular weight is 261 g/mol. The largest absolute Gasteiger partial charge is 0.383 e. The Bertz CT molecular complexity index is 456. The smallest absolute Gasteiger partial charge is 0.223 e. The van der Waals surface area contributed by atoms with Crippen LogP contribution in [-0.4, -0.2) is 37.6 Å². The second-order valence-corrected chi connectivity index (χ2v) is 5.54. The minimum Gasteiger partial charge on any atom is -0.383 e. The molecular weight excluding hydrogens is 238 g/mol. The summed E-state index contributed by atoms with van der Waals surface area (Å²) in [5.41, 5.74) is 4.00. The molecule has 1 aliphatic heterocycles. The highest BCUT2D eigenvalue weighted by Crippen LogP contribution is 2.23. The number of methoxy groups -OCH3 is 1. The van der Waals surface area contributed by atoms with Crippen LogP contribution in [0.5, 0.6) is 0 Å². The van der Waals surface area contributed by atoms with Crippen LogP contribution < -0.4 is 0 Å². The first kappa shape index (κ1) is 14.1. The first-order valence-corrected chi connectivity index (χ1v) is 6.93. The molecule has 1 aromatic rings. The Morgan fingerprint density at radius 3 is 2.89 bits per heavy atom. The molecule has 19 heavy (non-hydrogen) atoms. The number of ether oxygens (including phenoxy) is 1. The standard InChI is InChI=1S/C16H23NO2/c1-12-4-5-13(2)15(8-12)9-14-10-16(18)17(11-14)6-7-19-3/h4-5,8,14H,6-7,9-11H2,1-3H3. The summed E-state index contributed by atoms with van der Waals surface area (Å²) in [6.45, 7) is 6.48. The molecule has 1 atom stereocenters. The van der Waals surface area contributed by atoms with Gasteiger partial charge in [0.2, 0.25) is 5.91 Å². The highest BCUT2D eigenvalue weighted by atomic mass is 16.5. The maximum atomic E-state index is 11.9. The molecule has 104 valence electrons. The van der Waals surface area contributed by atoms with E-state index in [2.05, 4.69) is 32.0 Å². The third kappa shape index (κ3) is 3.57. The van der Waals surface area contributed by atoms with Gasteiger partial charge in [-0.05, 0) is 37.3 Å². The van der Waals surface area contributed by atoms with E-state index in [4.69, 9.17) is 4.74 Å². The highest BCUT2D eigenvalue weighted by Gasteiger charge is 2.29. The first-order valence-electron chi connectivity index (χ1n) is 6.93. The van der Waals surface area contributed by atoms with Crippen molar-refractivity contribution in [1.29, 1.82) is 0 Å². The summed E-state index contributed by atoms with van der Waals surface area (Å²) in [5.74, 6) is 0.720. The highest BCUT2D eigenvalue weighted by molar-refractivity contribution is 5.78. The van der Waals surface area contributed by atoms with Gasteiger partial charge in [-0.25, -0.2) is 0 Å². The van der Waals surface area contributed by atoms with Crippen LogP contribution in [0.15, 0.2) is 18.2 Å². The van der Waals surface area contributed by atoms with E-state index in [0.717, 1.165) is 19.5 Å². The zero-order valence-electron chi connectivity index (χ0n) is 12.1. The van der Waals surface area contributed by atoms with Crippen molar-refractivity contribution >= 4 is 5.91 Å². The lowest BCUT2D eigenvalue weighted by molar-refractivity contribution is -0.128. The number of hydrogen-bond donors (Lipinski definition) is 0.